The summed E-state index contributed by atoms with van der Waals surface area (Å²) in [7, 11) is 0. The molecular weight excluding hydrogens is 341 g/mol. The van der Waals surface area contributed by atoms with Crippen LogP contribution in [0.4, 0.5) is 15.9 Å². The Kier molecular flexibility index (Phi) is 5.10. The summed E-state index contributed by atoms with van der Waals surface area (Å²) in [6.45, 7) is 0. The maximum Gasteiger partial charge on any atom is 0.272 e. The second kappa shape index (κ2) is 7.63. The first kappa shape index (κ1) is 16.7. The minimum atomic E-state index is -0.631. The van der Waals surface area contributed by atoms with Crippen molar-refractivity contribution in [3.05, 3.63) is 72.3 Å². The van der Waals surface area contributed by atoms with E-state index >= 15 is 0 Å². The zero-order valence-corrected chi connectivity index (χ0v) is 13.8. The molecule has 0 fully saturated rings. The molecule has 3 rings (SSSR count). The Morgan fingerprint density at radius 3 is 2.52 bits per heavy atom. The molecule has 0 aliphatic heterocycles. The number of benzene rings is 2. The van der Waals surface area contributed by atoms with Crippen LogP contribution in [-0.2, 0) is 0 Å². The number of anilines is 2. The number of hydrogen-bond acceptors (Lipinski definition) is 6. The van der Waals surface area contributed by atoms with Crippen molar-refractivity contribution in [3.63, 3.8) is 0 Å². The molecule has 6 nitrogen and oxygen atoms in total. The summed E-state index contributed by atoms with van der Waals surface area (Å²) in [5.41, 5.74) is 11.2. The summed E-state index contributed by atoms with van der Waals surface area (Å²) in [4.78, 5) is 21.1. The first-order valence-corrected chi connectivity index (χ1v) is 8.11. The van der Waals surface area contributed by atoms with Crippen LogP contribution in [-0.4, -0.2) is 15.9 Å². The van der Waals surface area contributed by atoms with E-state index in [0.29, 0.717) is 5.03 Å². The average Bonchev–Trinajstić information content (AvgIpc) is 2.63. The van der Waals surface area contributed by atoms with Gasteiger partial charge in [-0.05, 0) is 24.3 Å². The molecule has 0 aliphatic rings. The van der Waals surface area contributed by atoms with Crippen molar-refractivity contribution in [2.24, 2.45) is 0 Å². The molecule has 3 aromatic rings. The van der Waals surface area contributed by atoms with Gasteiger partial charge in [-0.25, -0.2) is 14.4 Å². The standard InChI is InChI=1S/C17H14FN5OS/c18-13-9-5-4-8-12(13)16(24)23-22-15-14(19)17(21-10-20-15)25-11-6-2-1-3-7-11/h1-10H,19H2,(H,23,24)(H,20,21,22). The number of nitrogens with two attached hydrogens (primary N) is 1. The maximum absolute atomic E-state index is 13.6. The normalized spacial score (nSPS) is 10.3. The van der Waals surface area contributed by atoms with Gasteiger partial charge < -0.3 is 5.73 Å². The van der Waals surface area contributed by atoms with Crippen LogP contribution in [0.2, 0.25) is 0 Å². The van der Waals surface area contributed by atoms with E-state index in [1.165, 1.54) is 36.3 Å². The molecule has 1 amide bonds. The number of hydrazine groups is 1. The van der Waals surface area contributed by atoms with E-state index < -0.39 is 11.7 Å². The highest BCUT2D eigenvalue weighted by atomic mass is 32.2. The molecule has 0 spiro atoms. The van der Waals surface area contributed by atoms with Crippen molar-refractivity contribution >= 4 is 29.2 Å². The minimum Gasteiger partial charge on any atom is -0.393 e. The zero-order chi connectivity index (χ0) is 17.6. The number of hydrogen-bond donors (Lipinski definition) is 3. The summed E-state index contributed by atoms with van der Waals surface area (Å²) in [6.07, 6.45) is 1.33. The molecule has 126 valence electrons. The van der Waals surface area contributed by atoms with Gasteiger partial charge in [0.2, 0.25) is 0 Å². The molecule has 0 radical (unpaired) electrons. The van der Waals surface area contributed by atoms with E-state index in [-0.39, 0.29) is 17.1 Å². The van der Waals surface area contributed by atoms with Crippen molar-refractivity contribution in [3.8, 4) is 0 Å². The third kappa shape index (κ3) is 4.04. The van der Waals surface area contributed by atoms with Crippen LogP contribution in [0.25, 0.3) is 0 Å². The molecule has 0 unspecified atom stereocenters. The van der Waals surface area contributed by atoms with Crippen molar-refractivity contribution in [1.29, 1.82) is 0 Å². The topological polar surface area (TPSA) is 92.9 Å². The highest BCUT2D eigenvalue weighted by Crippen LogP contribution is 2.32. The number of rotatable bonds is 5. The van der Waals surface area contributed by atoms with Crippen LogP contribution in [0.5, 0.6) is 0 Å². The fourth-order valence-electron chi connectivity index (χ4n) is 1.99. The molecule has 2 aromatic carbocycles. The van der Waals surface area contributed by atoms with E-state index in [4.69, 9.17) is 5.73 Å². The summed E-state index contributed by atoms with van der Waals surface area (Å²) < 4.78 is 13.6. The van der Waals surface area contributed by atoms with Gasteiger partial charge in [0.25, 0.3) is 5.91 Å². The molecule has 4 N–H and O–H groups in total. The van der Waals surface area contributed by atoms with Crippen molar-refractivity contribution in [2.75, 3.05) is 11.2 Å². The quantitative estimate of drug-likeness (QED) is 0.481. The Labute approximate surface area is 147 Å². The number of amides is 1. The molecular formula is C17H14FN5OS. The molecule has 25 heavy (non-hydrogen) atoms. The number of nitrogen functional groups attached to an aromatic ring is 1. The first-order valence-electron chi connectivity index (χ1n) is 7.29. The highest BCUT2D eigenvalue weighted by molar-refractivity contribution is 7.99. The van der Waals surface area contributed by atoms with Crippen LogP contribution < -0.4 is 16.6 Å². The molecule has 0 aliphatic carbocycles. The van der Waals surface area contributed by atoms with Crippen molar-refractivity contribution in [2.45, 2.75) is 9.92 Å². The fraction of sp³-hybridized carbons (Fsp3) is 0. The molecule has 0 atom stereocenters. The smallest absolute Gasteiger partial charge is 0.272 e. The van der Waals surface area contributed by atoms with Crippen molar-refractivity contribution in [1.82, 2.24) is 15.4 Å². The average molecular weight is 355 g/mol. The van der Waals surface area contributed by atoms with Crippen LogP contribution in [0.1, 0.15) is 10.4 Å². The molecule has 8 heteroatoms. The number of nitrogens with zero attached hydrogens (tertiary/aromatic N) is 2. The number of nitrogens with one attached hydrogen (secondary N) is 2. The first-order chi connectivity index (χ1) is 12.1. The van der Waals surface area contributed by atoms with Crippen molar-refractivity contribution < 1.29 is 9.18 Å². The van der Waals surface area contributed by atoms with E-state index in [9.17, 15) is 9.18 Å². The van der Waals surface area contributed by atoms with Gasteiger partial charge in [0.15, 0.2) is 5.82 Å². The van der Waals surface area contributed by atoms with Crippen LogP contribution in [0.15, 0.2) is 70.8 Å². The Bertz CT molecular complexity index is 891. The maximum atomic E-state index is 13.6. The van der Waals surface area contributed by atoms with E-state index in [2.05, 4.69) is 20.8 Å². The van der Waals surface area contributed by atoms with Gasteiger partial charge in [-0.3, -0.25) is 15.6 Å². The predicted octanol–water partition coefficient (Wildman–Crippen LogP) is 3.11. The van der Waals surface area contributed by atoms with Gasteiger partial charge in [0.05, 0.1) is 5.56 Å². The lowest BCUT2D eigenvalue weighted by Crippen LogP contribution is -2.31. The monoisotopic (exact) mass is 355 g/mol. The largest absolute Gasteiger partial charge is 0.393 e. The van der Waals surface area contributed by atoms with Crippen LogP contribution in [0, 0.1) is 5.82 Å². The third-order valence-electron chi connectivity index (χ3n) is 3.22. The zero-order valence-electron chi connectivity index (χ0n) is 12.9. The van der Waals surface area contributed by atoms with E-state index in [0.717, 1.165) is 4.90 Å². The van der Waals surface area contributed by atoms with Gasteiger partial charge in [-0.1, -0.05) is 42.1 Å². The van der Waals surface area contributed by atoms with Gasteiger partial charge >= 0.3 is 0 Å². The summed E-state index contributed by atoms with van der Waals surface area (Å²) >= 11 is 1.37. The lowest BCUT2D eigenvalue weighted by atomic mass is 10.2. The summed E-state index contributed by atoms with van der Waals surface area (Å²) in [5, 5.41) is 0.545. The Hall–Kier alpha value is -3.13. The van der Waals surface area contributed by atoms with Gasteiger partial charge in [-0.2, -0.15) is 0 Å². The predicted molar refractivity (Wildman–Crippen MR) is 94.5 cm³/mol. The number of aromatic nitrogens is 2. The van der Waals surface area contributed by atoms with Crippen LogP contribution >= 0.6 is 11.8 Å². The number of carbonyl (C=O) groups is 1. The lowest BCUT2D eigenvalue weighted by Gasteiger charge is -2.12. The third-order valence-corrected chi connectivity index (χ3v) is 4.24. The van der Waals surface area contributed by atoms with Crippen LogP contribution in [0.3, 0.4) is 0 Å². The number of carbonyl (C=O) groups excluding carboxylic acids is 1. The fourth-order valence-corrected chi connectivity index (χ4v) is 2.81. The number of halogens is 1. The Balaban J connectivity index is 1.72. The molecule has 1 heterocycles. The summed E-state index contributed by atoms with van der Waals surface area (Å²) in [5.74, 6) is -1.01. The van der Waals surface area contributed by atoms with Gasteiger partial charge in [-0.15, -0.1) is 0 Å². The lowest BCUT2D eigenvalue weighted by molar-refractivity contribution is 0.0958. The Morgan fingerprint density at radius 2 is 1.76 bits per heavy atom. The SMILES string of the molecule is Nc1c(NNC(=O)c2ccccc2F)ncnc1Sc1ccccc1. The summed E-state index contributed by atoms with van der Waals surface area (Å²) in [6, 6.07) is 15.3. The Morgan fingerprint density at radius 1 is 1.04 bits per heavy atom. The highest BCUT2D eigenvalue weighted by Gasteiger charge is 2.13. The second-order valence-electron chi connectivity index (χ2n) is 4.92. The molecule has 0 saturated carbocycles. The van der Waals surface area contributed by atoms with E-state index in [1.807, 2.05) is 30.3 Å². The van der Waals surface area contributed by atoms with E-state index in [1.54, 1.807) is 6.07 Å². The second-order valence-corrected chi connectivity index (χ2v) is 5.98. The minimum absolute atomic E-state index is 0.0819. The van der Waals surface area contributed by atoms with Gasteiger partial charge in [0, 0.05) is 4.90 Å². The van der Waals surface area contributed by atoms with Gasteiger partial charge in [0.1, 0.15) is 22.9 Å². The molecule has 0 bridgehead atoms. The molecule has 0 saturated heterocycles. The molecule has 1 aromatic heterocycles.